The highest BCUT2D eigenvalue weighted by Crippen LogP contribution is 2.28. The fourth-order valence-corrected chi connectivity index (χ4v) is 1.43. The van der Waals surface area contributed by atoms with Crippen LogP contribution in [0.1, 0.15) is 6.42 Å². The zero-order chi connectivity index (χ0) is 14.8. The van der Waals surface area contributed by atoms with Gasteiger partial charge in [0.05, 0.1) is 4.92 Å². The first-order chi connectivity index (χ1) is 9.33. The molecule has 0 amide bonds. The number of alkyl halides is 3. The molecule has 0 fully saturated rings. The summed E-state index contributed by atoms with van der Waals surface area (Å²) in [4.78, 5) is 13.5. The van der Waals surface area contributed by atoms with E-state index in [0.717, 1.165) is 12.3 Å². The van der Waals surface area contributed by atoms with Gasteiger partial charge in [0.1, 0.15) is 17.7 Å². The van der Waals surface area contributed by atoms with Crippen molar-refractivity contribution in [2.24, 2.45) is 0 Å². The summed E-state index contributed by atoms with van der Waals surface area (Å²) in [6.07, 6.45) is -1.37. The predicted octanol–water partition coefficient (Wildman–Crippen LogP) is 3.08. The molecular formula is C11H7F3N2O4. The smallest absolute Gasteiger partial charge is 0.443 e. The number of allylic oxidation sites excluding steroid dienone is 2. The highest BCUT2D eigenvalue weighted by Gasteiger charge is 2.32. The number of ether oxygens (including phenoxy) is 2. The number of hydrogen-bond donors (Lipinski definition) is 0. The van der Waals surface area contributed by atoms with E-state index in [2.05, 4.69) is 9.72 Å². The van der Waals surface area contributed by atoms with Gasteiger partial charge in [-0.15, -0.1) is 13.2 Å². The molecule has 6 nitrogen and oxygen atoms in total. The summed E-state index contributed by atoms with van der Waals surface area (Å²) >= 11 is 0. The molecule has 0 aliphatic heterocycles. The minimum Gasteiger partial charge on any atom is -0.443 e. The summed E-state index contributed by atoms with van der Waals surface area (Å²) in [5.74, 6) is -0.122. The Bertz CT molecular complexity index is 578. The van der Waals surface area contributed by atoms with Crippen molar-refractivity contribution in [3.05, 3.63) is 52.1 Å². The van der Waals surface area contributed by atoms with Gasteiger partial charge < -0.3 is 9.47 Å². The summed E-state index contributed by atoms with van der Waals surface area (Å²) in [5, 5.41) is 10.4. The molecule has 0 saturated heterocycles. The first kappa shape index (κ1) is 13.8. The fourth-order valence-electron chi connectivity index (χ4n) is 1.43. The van der Waals surface area contributed by atoms with Crippen molar-refractivity contribution in [2.45, 2.75) is 12.8 Å². The molecule has 1 heterocycles. The molecule has 1 aliphatic rings. The number of pyridine rings is 1. The maximum atomic E-state index is 12.0. The molecular weight excluding hydrogens is 281 g/mol. The Labute approximate surface area is 110 Å². The number of aromatic nitrogens is 1. The van der Waals surface area contributed by atoms with Gasteiger partial charge in [0.15, 0.2) is 0 Å². The van der Waals surface area contributed by atoms with Crippen molar-refractivity contribution in [3.8, 4) is 5.88 Å². The monoisotopic (exact) mass is 288 g/mol. The lowest BCUT2D eigenvalue weighted by Gasteiger charge is -2.07. The largest absolute Gasteiger partial charge is 0.573 e. The third-order valence-electron chi connectivity index (χ3n) is 2.21. The van der Waals surface area contributed by atoms with Crippen LogP contribution < -0.4 is 4.74 Å². The van der Waals surface area contributed by atoms with E-state index in [0.29, 0.717) is 0 Å². The highest BCUT2D eigenvalue weighted by atomic mass is 19.4. The molecule has 1 aromatic heterocycles. The van der Waals surface area contributed by atoms with Crippen LogP contribution in [-0.2, 0) is 4.74 Å². The van der Waals surface area contributed by atoms with Crippen LogP contribution in [-0.4, -0.2) is 16.3 Å². The normalized spacial score (nSPS) is 14.6. The maximum absolute atomic E-state index is 12.0. The second-order valence-corrected chi connectivity index (χ2v) is 3.68. The van der Waals surface area contributed by atoms with E-state index in [1.807, 2.05) is 0 Å². The molecule has 0 bridgehead atoms. The van der Waals surface area contributed by atoms with Crippen molar-refractivity contribution in [3.63, 3.8) is 0 Å². The summed E-state index contributed by atoms with van der Waals surface area (Å²) in [7, 11) is 0. The van der Waals surface area contributed by atoms with E-state index < -0.39 is 11.3 Å². The Kier molecular flexibility index (Phi) is 3.59. The van der Waals surface area contributed by atoms with Gasteiger partial charge in [-0.1, -0.05) is 0 Å². The van der Waals surface area contributed by atoms with Gasteiger partial charge in [0.25, 0.3) is 5.69 Å². The van der Waals surface area contributed by atoms with Gasteiger partial charge in [0, 0.05) is 24.6 Å². The van der Waals surface area contributed by atoms with Crippen LogP contribution in [0.2, 0.25) is 0 Å². The summed E-state index contributed by atoms with van der Waals surface area (Å²) < 4.78 is 44.8. The fraction of sp³-hybridized carbons (Fsp3) is 0.182. The standard InChI is InChI=1S/C11H7F3N2O4/c12-11(13,14)20-9-3-2-8(5-9)19-10-4-1-7(6-15-10)16(17)18/h1,3-6H,2H2. The lowest BCUT2D eigenvalue weighted by atomic mass is 10.4. The second kappa shape index (κ2) is 5.19. The zero-order valence-corrected chi connectivity index (χ0v) is 9.76. The number of nitro groups is 1. The Morgan fingerprint density at radius 2 is 2.10 bits per heavy atom. The first-order valence-electron chi connectivity index (χ1n) is 5.28. The van der Waals surface area contributed by atoms with Crippen LogP contribution >= 0.6 is 0 Å². The molecule has 106 valence electrons. The lowest BCUT2D eigenvalue weighted by Crippen LogP contribution is -2.11. The van der Waals surface area contributed by atoms with Crippen LogP contribution in [0.25, 0.3) is 0 Å². The number of rotatable bonds is 4. The Balaban J connectivity index is 1.98. The minimum absolute atomic E-state index is 0.0449. The molecule has 9 heteroatoms. The maximum Gasteiger partial charge on any atom is 0.573 e. The molecule has 2 rings (SSSR count). The third kappa shape index (κ3) is 3.70. The molecule has 1 aliphatic carbocycles. The van der Waals surface area contributed by atoms with Crippen LogP contribution in [0.15, 0.2) is 42.0 Å². The average Bonchev–Trinajstić information content (AvgIpc) is 2.74. The molecule has 0 spiro atoms. The minimum atomic E-state index is -4.76. The third-order valence-corrected chi connectivity index (χ3v) is 2.21. The molecule has 0 atom stereocenters. The molecule has 0 saturated carbocycles. The van der Waals surface area contributed by atoms with Gasteiger partial charge in [-0.25, -0.2) is 4.98 Å². The van der Waals surface area contributed by atoms with E-state index in [1.54, 1.807) is 0 Å². The van der Waals surface area contributed by atoms with Crippen LogP contribution in [0, 0.1) is 10.1 Å². The Hall–Kier alpha value is -2.58. The molecule has 1 aromatic rings. The van der Waals surface area contributed by atoms with E-state index in [-0.39, 0.29) is 29.5 Å². The second-order valence-electron chi connectivity index (χ2n) is 3.68. The molecule has 0 radical (unpaired) electrons. The van der Waals surface area contributed by atoms with Crippen molar-refractivity contribution < 1.29 is 27.6 Å². The quantitative estimate of drug-likeness (QED) is 0.628. The highest BCUT2D eigenvalue weighted by molar-refractivity contribution is 5.32. The predicted molar refractivity (Wildman–Crippen MR) is 59.4 cm³/mol. The van der Waals surface area contributed by atoms with Crippen LogP contribution in [0.3, 0.4) is 0 Å². The lowest BCUT2D eigenvalue weighted by molar-refractivity contribution is -0.385. The van der Waals surface area contributed by atoms with E-state index in [9.17, 15) is 23.3 Å². The van der Waals surface area contributed by atoms with Crippen molar-refractivity contribution >= 4 is 5.69 Å². The van der Waals surface area contributed by atoms with Crippen molar-refractivity contribution in [1.29, 1.82) is 0 Å². The number of halogens is 3. The van der Waals surface area contributed by atoms with Crippen molar-refractivity contribution in [2.75, 3.05) is 0 Å². The number of nitrogens with zero attached hydrogens (tertiary/aromatic N) is 2. The van der Waals surface area contributed by atoms with Gasteiger partial charge in [-0.3, -0.25) is 10.1 Å². The summed E-state index contributed by atoms with van der Waals surface area (Å²) in [6.45, 7) is 0. The van der Waals surface area contributed by atoms with E-state index >= 15 is 0 Å². The van der Waals surface area contributed by atoms with E-state index in [1.165, 1.54) is 18.2 Å². The zero-order valence-electron chi connectivity index (χ0n) is 9.76. The Morgan fingerprint density at radius 1 is 1.35 bits per heavy atom. The molecule has 0 aromatic carbocycles. The molecule has 0 N–H and O–H groups in total. The Morgan fingerprint density at radius 3 is 2.65 bits per heavy atom. The van der Waals surface area contributed by atoms with Gasteiger partial charge >= 0.3 is 6.36 Å². The van der Waals surface area contributed by atoms with Gasteiger partial charge in [-0.05, 0) is 6.08 Å². The van der Waals surface area contributed by atoms with Crippen LogP contribution in [0.5, 0.6) is 5.88 Å². The number of hydrogen-bond acceptors (Lipinski definition) is 5. The SMILES string of the molecule is O=[N+]([O-])c1ccc(OC2=CC(OC(F)(F)F)=CC2)nc1. The van der Waals surface area contributed by atoms with E-state index in [4.69, 9.17) is 4.74 Å². The molecule has 0 unspecified atom stereocenters. The van der Waals surface area contributed by atoms with Crippen LogP contribution in [0.4, 0.5) is 18.9 Å². The molecule has 20 heavy (non-hydrogen) atoms. The van der Waals surface area contributed by atoms with Gasteiger partial charge in [-0.2, -0.15) is 0 Å². The summed E-state index contributed by atoms with van der Waals surface area (Å²) in [5.41, 5.74) is -0.211. The van der Waals surface area contributed by atoms with Gasteiger partial charge in [0.2, 0.25) is 5.88 Å². The van der Waals surface area contributed by atoms with Crippen molar-refractivity contribution in [1.82, 2.24) is 4.98 Å². The summed E-state index contributed by atoms with van der Waals surface area (Å²) in [6, 6.07) is 2.43. The topological polar surface area (TPSA) is 74.5 Å². The first-order valence-corrected chi connectivity index (χ1v) is 5.28. The average molecular weight is 288 g/mol.